The van der Waals surface area contributed by atoms with E-state index in [2.05, 4.69) is 6.92 Å². The van der Waals surface area contributed by atoms with Crippen molar-refractivity contribution in [2.45, 2.75) is 148 Å². The van der Waals surface area contributed by atoms with E-state index in [0.29, 0.717) is 13.2 Å². The molecule has 0 amide bonds. The number of halogens is 1. The van der Waals surface area contributed by atoms with Gasteiger partial charge in [0.05, 0.1) is 6.67 Å². The molecule has 0 aromatic rings. The maximum Gasteiger partial charge on any atom is 0.0894 e. The molecule has 0 aliphatic carbocycles. The average molecular weight is 419 g/mol. The minimum Gasteiger partial charge on any atom is -0.396 e. The Hall–Kier alpha value is -0.150. The van der Waals surface area contributed by atoms with Crippen LogP contribution in [0.1, 0.15) is 148 Å². The fourth-order valence-electron chi connectivity index (χ4n) is 3.57. The maximum atomic E-state index is 11.8. The molecule has 0 saturated carbocycles. The monoisotopic (exact) mass is 418 g/mol. The summed E-state index contributed by atoms with van der Waals surface area (Å²) < 4.78 is 11.8. The van der Waals surface area contributed by atoms with E-state index in [4.69, 9.17) is 10.2 Å². The van der Waals surface area contributed by atoms with Gasteiger partial charge in [0.2, 0.25) is 0 Å². The lowest BCUT2D eigenvalue weighted by Crippen LogP contribution is -1.85. The summed E-state index contributed by atoms with van der Waals surface area (Å²) in [4.78, 5) is 0. The van der Waals surface area contributed by atoms with Crippen molar-refractivity contribution < 1.29 is 14.6 Å². The Balaban J connectivity index is 0. The third kappa shape index (κ3) is 35.6. The first-order valence-corrected chi connectivity index (χ1v) is 13.1. The third-order valence-corrected chi connectivity index (χ3v) is 5.55. The SMILES string of the molecule is CCCCCCCCCCCCCCCCF.OCCCCCCCCCCO. The molecule has 2 N–H and O–H groups in total. The zero-order chi connectivity index (χ0) is 21.7. The van der Waals surface area contributed by atoms with E-state index >= 15 is 0 Å². The van der Waals surface area contributed by atoms with Crippen LogP contribution in [0.4, 0.5) is 4.39 Å². The molecule has 2 nitrogen and oxygen atoms in total. The highest BCUT2D eigenvalue weighted by Gasteiger charge is 1.94. The third-order valence-electron chi connectivity index (χ3n) is 5.55. The van der Waals surface area contributed by atoms with Gasteiger partial charge in [-0.05, 0) is 19.3 Å². The highest BCUT2D eigenvalue weighted by atomic mass is 19.1. The van der Waals surface area contributed by atoms with E-state index in [-0.39, 0.29) is 6.67 Å². The van der Waals surface area contributed by atoms with Crippen LogP contribution in [-0.4, -0.2) is 30.1 Å². The second-order valence-electron chi connectivity index (χ2n) is 8.56. The predicted octanol–water partition coefficient (Wildman–Crippen LogP) is 8.53. The van der Waals surface area contributed by atoms with Crippen LogP contribution in [-0.2, 0) is 0 Å². The molecular formula is C26H55FO2. The molecule has 0 spiro atoms. The van der Waals surface area contributed by atoms with Crippen LogP contribution in [0.25, 0.3) is 0 Å². The normalized spacial score (nSPS) is 10.8. The maximum absolute atomic E-state index is 11.8. The minimum absolute atomic E-state index is 0.127. The van der Waals surface area contributed by atoms with Gasteiger partial charge in [-0.2, -0.15) is 0 Å². The van der Waals surface area contributed by atoms with Crippen LogP contribution in [0.2, 0.25) is 0 Å². The highest BCUT2D eigenvalue weighted by Crippen LogP contribution is 2.13. The lowest BCUT2D eigenvalue weighted by Gasteiger charge is -2.02. The molecule has 0 unspecified atom stereocenters. The van der Waals surface area contributed by atoms with E-state index in [1.807, 2.05) is 0 Å². The van der Waals surface area contributed by atoms with Gasteiger partial charge in [0.1, 0.15) is 0 Å². The largest absolute Gasteiger partial charge is 0.396 e. The number of aliphatic hydroxyl groups excluding tert-OH is 2. The molecule has 0 radical (unpaired) electrons. The molecular weight excluding hydrogens is 363 g/mol. The Labute approximate surface area is 183 Å². The fraction of sp³-hybridized carbons (Fsp3) is 1.00. The van der Waals surface area contributed by atoms with E-state index in [9.17, 15) is 4.39 Å². The number of unbranched alkanes of at least 4 members (excludes halogenated alkanes) is 20. The van der Waals surface area contributed by atoms with Gasteiger partial charge < -0.3 is 10.2 Å². The van der Waals surface area contributed by atoms with E-state index in [0.717, 1.165) is 38.5 Å². The summed E-state index contributed by atoms with van der Waals surface area (Å²) in [5, 5.41) is 17.0. The summed E-state index contributed by atoms with van der Waals surface area (Å²) in [7, 11) is 0. The number of hydrogen-bond donors (Lipinski definition) is 2. The Bertz CT molecular complexity index is 225. The van der Waals surface area contributed by atoms with Gasteiger partial charge in [0.15, 0.2) is 0 Å². The van der Waals surface area contributed by atoms with Gasteiger partial charge in [0, 0.05) is 13.2 Å². The zero-order valence-electron chi connectivity index (χ0n) is 20.0. The number of aliphatic hydroxyl groups is 2. The summed E-state index contributed by atoms with van der Waals surface area (Å²) in [6.07, 6.45) is 27.8. The second-order valence-corrected chi connectivity index (χ2v) is 8.56. The molecule has 0 aliphatic heterocycles. The summed E-state index contributed by atoms with van der Waals surface area (Å²) >= 11 is 0. The first-order chi connectivity index (χ1) is 14.3. The molecule has 29 heavy (non-hydrogen) atoms. The van der Waals surface area contributed by atoms with Gasteiger partial charge in [-0.25, -0.2) is 0 Å². The van der Waals surface area contributed by atoms with Gasteiger partial charge >= 0.3 is 0 Å². The minimum atomic E-state index is -0.127. The van der Waals surface area contributed by atoms with Crippen molar-refractivity contribution in [3.05, 3.63) is 0 Å². The first-order valence-electron chi connectivity index (χ1n) is 13.1. The average Bonchev–Trinajstić information content (AvgIpc) is 2.74. The molecule has 0 saturated heterocycles. The van der Waals surface area contributed by atoms with Crippen LogP contribution in [0.3, 0.4) is 0 Å². The highest BCUT2D eigenvalue weighted by molar-refractivity contribution is 4.49. The molecule has 0 atom stereocenters. The van der Waals surface area contributed by atoms with Crippen LogP contribution in [0.5, 0.6) is 0 Å². The summed E-state index contributed by atoms with van der Waals surface area (Å²) in [5.41, 5.74) is 0. The van der Waals surface area contributed by atoms with Crippen LogP contribution in [0.15, 0.2) is 0 Å². The molecule has 0 rings (SSSR count). The molecule has 0 fully saturated rings. The lowest BCUT2D eigenvalue weighted by molar-refractivity contribution is 0.279. The van der Waals surface area contributed by atoms with Crippen molar-refractivity contribution in [1.82, 2.24) is 0 Å². The predicted molar refractivity (Wildman–Crippen MR) is 127 cm³/mol. The van der Waals surface area contributed by atoms with Crippen molar-refractivity contribution in [1.29, 1.82) is 0 Å². The lowest BCUT2D eigenvalue weighted by atomic mass is 10.0. The number of rotatable bonds is 23. The first kappa shape index (κ1) is 31.0. The van der Waals surface area contributed by atoms with E-state index in [1.54, 1.807) is 0 Å². The van der Waals surface area contributed by atoms with Crippen LogP contribution < -0.4 is 0 Å². The fourth-order valence-corrected chi connectivity index (χ4v) is 3.57. The van der Waals surface area contributed by atoms with Crippen molar-refractivity contribution in [3.63, 3.8) is 0 Å². The Morgan fingerprint density at radius 3 is 0.862 bits per heavy atom. The van der Waals surface area contributed by atoms with Gasteiger partial charge in [0.25, 0.3) is 0 Å². The smallest absolute Gasteiger partial charge is 0.0894 e. The van der Waals surface area contributed by atoms with Gasteiger partial charge in [-0.3, -0.25) is 4.39 Å². The Morgan fingerprint density at radius 1 is 0.379 bits per heavy atom. The summed E-state index contributed by atoms with van der Waals surface area (Å²) in [6, 6.07) is 0. The van der Waals surface area contributed by atoms with Crippen molar-refractivity contribution >= 4 is 0 Å². The second kappa shape index (κ2) is 32.5. The standard InChI is InChI=1S/C16H33F.C10H22O2/c1-2-3-4-5-6-7-8-9-10-11-12-13-14-15-16-17;11-9-7-5-3-1-2-4-6-8-10-12/h2-16H2,1H3;11-12H,1-10H2. The summed E-state index contributed by atoms with van der Waals surface area (Å²) in [5.74, 6) is 0. The molecule has 0 bridgehead atoms. The quantitative estimate of drug-likeness (QED) is 0.163. The molecule has 0 aromatic carbocycles. The van der Waals surface area contributed by atoms with Crippen LogP contribution >= 0.6 is 0 Å². The topological polar surface area (TPSA) is 40.5 Å². The van der Waals surface area contributed by atoms with Gasteiger partial charge in [-0.15, -0.1) is 0 Å². The number of hydrogen-bond acceptors (Lipinski definition) is 2. The zero-order valence-corrected chi connectivity index (χ0v) is 20.0. The van der Waals surface area contributed by atoms with Crippen molar-refractivity contribution in [2.24, 2.45) is 0 Å². The molecule has 0 heterocycles. The summed E-state index contributed by atoms with van der Waals surface area (Å²) in [6.45, 7) is 2.82. The number of alkyl halides is 1. The molecule has 0 aliphatic rings. The molecule has 0 aromatic heterocycles. The Kier molecular flexibility index (Phi) is 34.8. The van der Waals surface area contributed by atoms with Crippen molar-refractivity contribution in [2.75, 3.05) is 19.9 Å². The molecule has 178 valence electrons. The molecule has 3 heteroatoms. The van der Waals surface area contributed by atoms with Crippen molar-refractivity contribution in [3.8, 4) is 0 Å². The van der Waals surface area contributed by atoms with Crippen LogP contribution in [0, 0.1) is 0 Å². The van der Waals surface area contributed by atoms with Gasteiger partial charge in [-0.1, -0.05) is 129 Å². The Morgan fingerprint density at radius 2 is 0.621 bits per heavy atom. The van der Waals surface area contributed by atoms with E-state index < -0.39 is 0 Å². The van der Waals surface area contributed by atoms with E-state index in [1.165, 1.54) is 103 Å².